The Balaban J connectivity index is 1.76. The summed E-state index contributed by atoms with van der Waals surface area (Å²) in [6.45, 7) is 4.23. The maximum Gasteiger partial charge on any atom is 0.342 e. The number of benzene rings is 4. The van der Waals surface area contributed by atoms with Gasteiger partial charge in [-0.3, -0.25) is 0 Å². The van der Waals surface area contributed by atoms with Gasteiger partial charge >= 0.3 is 5.63 Å². The molecule has 6 rings (SSSR count). The van der Waals surface area contributed by atoms with Crippen LogP contribution in [0.1, 0.15) is 33.7 Å². The molecule has 1 aromatic heterocycles. The minimum atomic E-state index is -0.289. The Morgan fingerprint density at radius 3 is 2.39 bits per heavy atom. The Morgan fingerprint density at radius 2 is 1.55 bits per heavy atom. The highest BCUT2D eigenvalue weighted by Crippen LogP contribution is 2.48. The minimum Gasteiger partial charge on any atom is -0.422 e. The molecule has 0 bridgehead atoms. The second-order valence-electron chi connectivity index (χ2n) is 8.32. The molecule has 1 atom stereocenters. The second kappa shape index (κ2) is 6.58. The van der Waals surface area contributed by atoms with Gasteiger partial charge in [-0.1, -0.05) is 60.7 Å². The minimum absolute atomic E-state index is 0.211. The highest BCUT2D eigenvalue weighted by Gasteiger charge is 2.33. The maximum atomic E-state index is 13.4. The number of para-hydroxylation sites is 1. The zero-order valence-corrected chi connectivity index (χ0v) is 17.4. The van der Waals surface area contributed by atoms with Crippen molar-refractivity contribution in [3.8, 4) is 0 Å². The first-order chi connectivity index (χ1) is 15.1. The summed E-state index contributed by atoms with van der Waals surface area (Å²) in [4.78, 5) is 13.4. The predicted molar refractivity (Wildman–Crippen MR) is 127 cm³/mol. The zero-order valence-electron chi connectivity index (χ0n) is 17.4. The molecule has 4 aromatic carbocycles. The van der Waals surface area contributed by atoms with Crippen LogP contribution in [0.25, 0.3) is 21.7 Å². The Hall–Kier alpha value is -3.85. The van der Waals surface area contributed by atoms with Crippen LogP contribution < -0.4 is 10.9 Å². The van der Waals surface area contributed by atoms with E-state index in [0.29, 0.717) is 11.1 Å². The molecule has 3 heteroatoms. The van der Waals surface area contributed by atoms with Crippen molar-refractivity contribution in [3.05, 3.63) is 117 Å². The Labute approximate surface area is 180 Å². The van der Waals surface area contributed by atoms with Crippen LogP contribution in [0.15, 0.2) is 88.1 Å². The quantitative estimate of drug-likeness (QED) is 0.307. The summed E-state index contributed by atoms with van der Waals surface area (Å²) in [5.41, 5.74) is 7.53. The molecule has 0 saturated carbocycles. The lowest BCUT2D eigenvalue weighted by molar-refractivity contribution is 0.549. The summed E-state index contributed by atoms with van der Waals surface area (Å²) < 4.78 is 5.80. The summed E-state index contributed by atoms with van der Waals surface area (Å²) in [6, 6.07) is 26.8. The molecule has 1 aliphatic rings. The van der Waals surface area contributed by atoms with Crippen molar-refractivity contribution in [2.75, 3.05) is 5.32 Å². The third-order valence-corrected chi connectivity index (χ3v) is 6.52. The van der Waals surface area contributed by atoms with E-state index in [1.165, 1.54) is 11.1 Å². The predicted octanol–water partition coefficient (Wildman–Crippen LogP) is 6.80. The summed E-state index contributed by atoms with van der Waals surface area (Å²) in [6.07, 6.45) is 0. The molecule has 1 aliphatic heterocycles. The van der Waals surface area contributed by atoms with Gasteiger partial charge in [-0.15, -0.1) is 0 Å². The first-order valence-electron chi connectivity index (χ1n) is 10.5. The Kier molecular flexibility index (Phi) is 3.81. The molecule has 0 saturated heterocycles. The van der Waals surface area contributed by atoms with E-state index >= 15 is 0 Å². The molecule has 3 nitrogen and oxygen atoms in total. The van der Waals surface area contributed by atoms with Gasteiger partial charge in [-0.25, -0.2) is 4.79 Å². The van der Waals surface area contributed by atoms with Gasteiger partial charge < -0.3 is 9.73 Å². The van der Waals surface area contributed by atoms with E-state index in [1.54, 1.807) is 0 Å². The normalized spacial score (nSPS) is 14.8. The summed E-state index contributed by atoms with van der Waals surface area (Å²) in [5.74, 6) is -0.211. The first-order valence-corrected chi connectivity index (χ1v) is 10.5. The third kappa shape index (κ3) is 2.63. The van der Waals surface area contributed by atoms with Crippen LogP contribution in [0.2, 0.25) is 0 Å². The van der Waals surface area contributed by atoms with Gasteiger partial charge in [-0.05, 0) is 65.1 Å². The fraction of sp³-hybridized carbons (Fsp3) is 0.107. The molecule has 5 aromatic rings. The van der Waals surface area contributed by atoms with E-state index in [1.807, 2.05) is 30.3 Å². The van der Waals surface area contributed by atoms with E-state index in [9.17, 15) is 4.79 Å². The molecular formula is C28H21NO2. The van der Waals surface area contributed by atoms with Gasteiger partial charge in [0.25, 0.3) is 0 Å². The van der Waals surface area contributed by atoms with Crippen LogP contribution in [0, 0.1) is 13.8 Å². The molecule has 0 fully saturated rings. The number of aryl methyl sites for hydroxylation is 2. The monoisotopic (exact) mass is 403 g/mol. The smallest absolute Gasteiger partial charge is 0.342 e. The molecule has 1 N–H and O–H groups in total. The number of fused-ring (bicyclic) bond motifs is 6. The number of anilines is 2. The van der Waals surface area contributed by atoms with Crippen molar-refractivity contribution in [2.24, 2.45) is 0 Å². The van der Waals surface area contributed by atoms with Gasteiger partial charge in [0.2, 0.25) is 0 Å². The molecule has 0 aliphatic carbocycles. The average Bonchev–Trinajstić information content (AvgIpc) is 2.79. The van der Waals surface area contributed by atoms with Crippen LogP contribution in [-0.2, 0) is 0 Å². The maximum absolute atomic E-state index is 13.4. The van der Waals surface area contributed by atoms with Crippen LogP contribution >= 0.6 is 0 Å². The zero-order chi connectivity index (χ0) is 21.1. The molecule has 150 valence electrons. The van der Waals surface area contributed by atoms with Gasteiger partial charge in [0.15, 0.2) is 0 Å². The molecule has 1 unspecified atom stereocenters. The van der Waals surface area contributed by atoms with Crippen molar-refractivity contribution < 1.29 is 4.42 Å². The summed E-state index contributed by atoms with van der Waals surface area (Å²) in [5, 5.41) is 6.81. The largest absolute Gasteiger partial charge is 0.422 e. The standard InChI is InChI=1S/C28H21NO2/c1-16-11-12-19(15-17(16)2)24-25-20-8-4-3-7-18(20)13-14-22(25)29-27-21-9-5-6-10-23(21)31-28(30)26(24)27/h3-15,24,29H,1-2H3. The van der Waals surface area contributed by atoms with E-state index < -0.39 is 0 Å². The average molecular weight is 403 g/mol. The molecule has 0 amide bonds. The van der Waals surface area contributed by atoms with Gasteiger partial charge in [0.1, 0.15) is 5.58 Å². The first kappa shape index (κ1) is 18.0. The SMILES string of the molecule is Cc1ccc(C2c3c(c4ccccc4oc3=O)Nc3ccc4ccccc4c32)cc1C. The highest BCUT2D eigenvalue weighted by molar-refractivity contribution is 6.00. The molecule has 0 radical (unpaired) electrons. The van der Waals surface area contributed by atoms with Gasteiger partial charge in [0.05, 0.1) is 11.3 Å². The fourth-order valence-corrected chi connectivity index (χ4v) is 4.83. The number of rotatable bonds is 1. The lowest BCUT2D eigenvalue weighted by Gasteiger charge is -2.31. The van der Waals surface area contributed by atoms with Crippen LogP contribution in [0.5, 0.6) is 0 Å². The van der Waals surface area contributed by atoms with Crippen molar-refractivity contribution >= 4 is 33.1 Å². The molecule has 2 heterocycles. The van der Waals surface area contributed by atoms with Crippen molar-refractivity contribution in [1.29, 1.82) is 0 Å². The number of hydrogen-bond donors (Lipinski definition) is 1. The fourth-order valence-electron chi connectivity index (χ4n) is 4.83. The molecule has 0 spiro atoms. The summed E-state index contributed by atoms with van der Waals surface area (Å²) >= 11 is 0. The van der Waals surface area contributed by atoms with Crippen molar-refractivity contribution in [3.63, 3.8) is 0 Å². The topological polar surface area (TPSA) is 42.2 Å². The van der Waals surface area contributed by atoms with Gasteiger partial charge in [0, 0.05) is 17.0 Å². The summed E-state index contributed by atoms with van der Waals surface area (Å²) in [7, 11) is 0. The molecular weight excluding hydrogens is 382 g/mol. The van der Waals surface area contributed by atoms with Gasteiger partial charge in [-0.2, -0.15) is 0 Å². The van der Waals surface area contributed by atoms with Crippen LogP contribution in [0.3, 0.4) is 0 Å². The molecule has 31 heavy (non-hydrogen) atoms. The third-order valence-electron chi connectivity index (χ3n) is 6.52. The van der Waals surface area contributed by atoms with E-state index in [2.05, 4.69) is 67.7 Å². The van der Waals surface area contributed by atoms with Crippen molar-refractivity contribution in [2.45, 2.75) is 19.8 Å². The highest BCUT2D eigenvalue weighted by atomic mass is 16.4. The lowest BCUT2D eigenvalue weighted by Crippen LogP contribution is -2.23. The van der Waals surface area contributed by atoms with Crippen LogP contribution in [0.4, 0.5) is 11.4 Å². The second-order valence-corrected chi connectivity index (χ2v) is 8.32. The van der Waals surface area contributed by atoms with E-state index in [4.69, 9.17) is 4.42 Å². The van der Waals surface area contributed by atoms with E-state index in [0.717, 1.165) is 38.7 Å². The Morgan fingerprint density at radius 1 is 0.774 bits per heavy atom. The Bertz CT molecular complexity index is 1560. The lowest BCUT2D eigenvalue weighted by atomic mass is 9.78. The van der Waals surface area contributed by atoms with Crippen molar-refractivity contribution in [1.82, 2.24) is 0 Å². The van der Waals surface area contributed by atoms with E-state index in [-0.39, 0.29) is 11.5 Å². The number of hydrogen-bond acceptors (Lipinski definition) is 3. The van der Waals surface area contributed by atoms with Crippen LogP contribution in [-0.4, -0.2) is 0 Å². The number of nitrogens with one attached hydrogen (secondary N) is 1.